The number of sulfonamides is 1. The SMILES string of the molecule is Cc1ccc(NS(=O)(=O)CBr)c(C)n1. The van der Waals surface area contributed by atoms with Crippen LogP contribution in [0, 0.1) is 13.8 Å². The molecule has 0 amide bonds. The van der Waals surface area contributed by atoms with Gasteiger partial charge >= 0.3 is 0 Å². The smallest absolute Gasteiger partial charge is 0.242 e. The molecule has 0 atom stereocenters. The summed E-state index contributed by atoms with van der Waals surface area (Å²) in [7, 11) is -3.28. The Hall–Kier alpha value is -0.620. The Morgan fingerprint density at radius 2 is 2.07 bits per heavy atom. The largest absolute Gasteiger partial charge is 0.281 e. The lowest BCUT2D eigenvalue weighted by Gasteiger charge is -2.08. The molecule has 0 aliphatic rings. The molecule has 0 spiro atoms. The molecule has 78 valence electrons. The third-order valence-electron chi connectivity index (χ3n) is 1.63. The molecule has 1 heterocycles. The molecule has 0 unspecified atom stereocenters. The van der Waals surface area contributed by atoms with E-state index in [-0.39, 0.29) is 4.66 Å². The van der Waals surface area contributed by atoms with Gasteiger partial charge in [-0.2, -0.15) is 0 Å². The van der Waals surface area contributed by atoms with Crippen molar-refractivity contribution in [2.45, 2.75) is 13.8 Å². The molecule has 6 heteroatoms. The number of anilines is 1. The van der Waals surface area contributed by atoms with E-state index in [0.717, 1.165) is 5.69 Å². The van der Waals surface area contributed by atoms with Crippen LogP contribution >= 0.6 is 15.9 Å². The van der Waals surface area contributed by atoms with Crippen LogP contribution in [0.3, 0.4) is 0 Å². The minimum Gasteiger partial charge on any atom is -0.281 e. The highest BCUT2D eigenvalue weighted by Gasteiger charge is 2.09. The van der Waals surface area contributed by atoms with Gasteiger partial charge in [0.15, 0.2) is 0 Å². The summed E-state index contributed by atoms with van der Waals surface area (Å²) in [6.07, 6.45) is 0. The molecule has 1 N–H and O–H groups in total. The highest BCUT2D eigenvalue weighted by Crippen LogP contribution is 2.14. The van der Waals surface area contributed by atoms with Crippen LogP contribution in [-0.2, 0) is 10.0 Å². The summed E-state index contributed by atoms with van der Waals surface area (Å²) in [5, 5.41) is 0. The lowest BCUT2D eigenvalue weighted by Crippen LogP contribution is -2.14. The zero-order valence-electron chi connectivity index (χ0n) is 7.91. The van der Waals surface area contributed by atoms with Crippen LogP contribution in [0.2, 0.25) is 0 Å². The molecule has 14 heavy (non-hydrogen) atoms. The molecule has 0 saturated heterocycles. The summed E-state index contributed by atoms with van der Waals surface area (Å²) in [6.45, 7) is 3.62. The predicted octanol–water partition coefficient (Wildman–Crippen LogP) is 1.79. The van der Waals surface area contributed by atoms with Crippen LogP contribution in [-0.4, -0.2) is 18.1 Å². The monoisotopic (exact) mass is 278 g/mol. The first-order chi connectivity index (χ1) is 6.44. The third kappa shape index (κ3) is 2.95. The second-order valence-electron chi connectivity index (χ2n) is 2.91. The normalized spacial score (nSPS) is 11.4. The minimum absolute atomic E-state index is 0.118. The number of rotatable bonds is 3. The van der Waals surface area contributed by atoms with Crippen molar-refractivity contribution < 1.29 is 8.42 Å². The number of hydrogen-bond donors (Lipinski definition) is 1. The van der Waals surface area contributed by atoms with E-state index in [1.54, 1.807) is 19.1 Å². The molecular weight excluding hydrogens is 268 g/mol. The molecule has 1 aromatic heterocycles. The van der Waals surface area contributed by atoms with Crippen LogP contribution < -0.4 is 4.72 Å². The van der Waals surface area contributed by atoms with Crippen molar-refractivity contribution >= 4 is 31.6 Å². The van der Waals surface area contributed by atoms with Gasteiger partial charge < -0.3 is 0 Å². The van der Waals surface area contributed by atoms with E-state index < -0.39 is 10.0 Å². The van der Waals surface area contributed by atoms with Gasteiger partial charge in [0.25, 0.3) is 0 Å². The predicted molar refractivity (Wildman–Crippen MR) is 60.0 cm³/mol. The summed E-state index contributed by atoms with van der Waals surface area (Å²) >= 11 is 2.90. The second kappa shape index (κ2) is 4.27. The highest BCUT2D eigenvalue weighted by molar-refractivity contribution is 9.10. The summed E-state index contributed by atoms with van der Waals surface area (Å²) < 4.78 is 24.7. The van der Waals surface area contributed by atoms with Crippen molar-refractivity contribution in [2.75, 3.05) is 9.38 Å². The average molecular weight is 279 g/mol. The van der Waals surface area contributed by atoms with Gasteiger partial charge in [0.2, 0.25) is 10.0 Å². The van der Waals surface area contributed by atoms with Crippen LogP contribution in [0.15, 0.2) is 12.1 Å². The maximum absolute atomic E-state index is 11.2. The topological polar surface area (TPSA) is 59.1 Å². The van der Waals surface area contributed by atoms with E-state index in [0.29, 0.717) is 11.4 Å². The van der Waals surface area contributed by atoms with Crippen LogP contribution in [0.4, 0.5) is 5.69 Å². The molecule has 0 radical (unpaired) electrons. The Labute approximate surface area is 91.9 Å². The fraction of sp³-hybridized carbons (Fsp3) is 0.375. The minimum atomic E-state index is -3.28. The summed E-state index contributed by atoms with van der Waals surface area (Å²) in [6, 6.07) is 3.47. The van der Waals surface area contributed by atoms with Gasteiger partial charge in [-0.3, -0.25) is 9.71 Å². The van der Waals surface area contributed by atoms with Gasteiger partial charge in [0, 0.05) is 5.69 Å². The molecule has 1 aromatic rings. The van der Waals surface area contributed by atoms with Crippen molar-refractivity contribution in [1.29, 1.82) is 0 Å². The van der Waals surface area contributed by atoms with Crippen LogP contribution in [0.1, 0.15) is 11.4 Å². The fourth-order valence-corrected chi connectivity index (χ4v) is 1.94. The molecule has 1 rings (SSSR count). The van der Waals surface area contributed by atoms with Gasteiger partial charge in [0.1, 0.15) is 4.66 Å². The van der Waals surface area contributed by atoms with E-state index >= 15 is 0 Å². The lowest BCUT2D eigenvalue weighted by atomic mass is 10.3. The van der Waals surface area contributed by atoms with E-state index in [2.05, 4.69) is 25.6 Å². The van der Waals surface area contributed by atoms with Gasteiger partial charge in [-0.1, -0.05) is 15.9 Å². The van der Waals surface area contributed by atoms with Crippen molar-refractivity contribution in [2.24, 2.45) is 0 Å². The van der Waals surface area contributed by atoms with Crippen molar-refractivity contribution in [3.8, 4) is 0 Å². The average Bonchev–Trinajstić information content (AvgIpc) is 2.10. The van der Waals surface area contributed by atoms with Crippen LogP contribution in [0.25, 0.3) is 0 Å². The number of hydrogen-bond acceptors (Lipinski definition) is 3. The molecule has 0 fully saturated rings. The standard InChI is InChI=1S/C8H11BrN2O2S/c1-6-3-4-8(7(2)10-6)11-14(12,13)5-9/h3-4,11H,5H2,1-2H3. The van der Waals surface area contributed by atoms with E-state index in [4.69, 9.17) is 0 Å². The lowest BCUT2D eigenvalue weighted by molar-refractivity contribution is 0.606. The Morgan fingerprint density at radius 3 is 2.57 bits per heavy atom. The molecule has 0 aliphatic carbocycles. The number of aromatic nitrogens is 1. The number of alkyl halides is 1. The summed E-state index contributed by atoms with van der Waals surface area (Å²) in [5.41, 5.74) is 2.06. The summed E-state index contributed by atoms with van der Waals surface area (Å²) in [4.78, 5) is 4.15. The molecule has 0 aliphatic heterocycles. The number of nitrogens with zero attached hydrogens (tertiary/aromatic N) is 1. The zero-order valence-corrected chi connectivity index (χ0v) is 10.3. The first kappa shape index (κ1) is 11.5. The number of aryl methyl sites for hydroxylation is 2. The van der Waals surface area contributed by atoms with Gasteiger partial charge in [-0.25, -0.2) is 8.42 Å². The Morgan fingerprint density at radius 1 is 1.43 bits per heavy atom. The third-order valence-corrected chi connectivity index (χ3v) is 4.26. The van der Waals surface area contributed by atoms with Crippen molar-refractivity contribution in [1.82, 2.24) is 4.98 Å². The van der Waals surface area contributed by atoms with Crippen molar-refractivity contribution in [3.63, 3.8) is 0 Å². The number of pyridine rings is 1. The molecule has 4 nitrogen and oxygen atoms in total. The Kier molecular flexibility index (Phi) is 3.49. The molecule has 0 saturated carbocycles. The number of nitrogens with one attached hydrogen (secondary N) is 1. The zero-order chi connectivity index (χ0) is 10.8. The molecular formula is C8H11BrN2O2S. The van der Waals surface area contributed by atoms with E-state index in [1.165, 1.54) is 0 Å². The quantitative estimate of drug-likeness (QED) is 0.858. The molecule has 0 aromatic carbocycles. The van der Waals surface area contributed by atoms with E-state index in [9.17, 15) is 8.42 Å². The van der Waals surface area contributed by atoms with Gasteiger partial charge in [-0.05, 0) is 26.0 Å². The van der Waals surface area contributed by atoms with Gasteiger partial charge in [0.05, 0.1) is 11.4 Å². The first-order valence-corrected chi connectivity index (χ1v) is 6.73. The Bertz CT molecular complexity index is 431. The summed E-state index contributed by atoms with van der Waals surface area (Å²) in [5.74, 6) is 0. The fourth-order valence-electron chi connectivity index (χ4n) is 0.989. The van der Waals surface area contributed by atoms with E-state index in [1.807, 2.05) is 6.92 Å². The second-order valence-corrected chi connectivity index (χ2v) is 5.94. The first-order valence-electron chi connectivity index (χ1n) is 3.95. The molecule has 0 bridgehead atoms. The Balaban J connectivity index is 2.99. The highest BCUT2D eigenvalue weighted by atomic mass is 79.9. The van der Waals surface area contributed by atoms with Gasteiger partial charge in [-0.15, -0.1) is 0 Å². The number of halogens is 1. The van der Waals surface area contributed by atoms with Crippen LogP contribution in [0.5, 0.6) is 0 Å². The maximum Gasteiger partial charge on any atom is 0.242 e. The van der Waals surface area contributed by atoms with Crippen molar-refractivity contribution in [3.05, 3.63) is 23.5 Å². The maximum atomic E-state index is 11.2.